The first-order chi connectivity index (χ1) is 11.1. The summed E-state index contributed by atoms with van der Waals surface area (Å²) in [6.07, 6.45) is 3.49. The fourth-order valence-corrected chi connectivity index (χ4v) is 3.15. The molecule has 2 rings (SSSR count). The molecule has 1 unspecified atom stereocenters. The Labute approximate surface area is 137 Å². The monoisotopic (exact) mass is 319 g/mol. The number of hydrogen-bond acceptors (Lipinski definition) is 3. The van der Waals surface area contributed by atoms with Crippen molar-refractivity contribution in [3.63, 3.8) is 0 Å². The summed E-state index contributed by atoms with van der Waals surface area (Å²) in [4.78, 5) is 24.1. The molecule has 1 saturated carbocycles. The molecule has 0 aromatic heterocycles. The van der Waals surface area contributed by atoms with Crippen LogP contribution in [-0.2, 0) is 14.3 Å². The van der Waals surface area contributed by atoms with Gasteiger partial charge in [-0.2, -0.15) is 0 Å². The molecule has 3 atom stereocenters. The lowest BCUT2D eigenvalue weighted by molar-refractivity contribution is -0.144. The van der Waals surface area contributed by atoms with Crippen molar-refractivity contribution >= 4 is 11.9 Å². The number of ether oxygens (including phenoxy) is 1. The Kier molecular flexibility index (Phi) is 6.59. The predicted octanol–water partition coefficient (Wildman–Crippen LogP) is 2.91. The van der Waals surface area contributed by atoms with E-state index in [0.29, 0.717) is 19.4 Å². The van der Waals surface area contributed by atoms with Gasteiger partial charge in [-0.1, -0.05) is 49.6 Å². The Bertz CT molecular complexity index is 517. The van der Waals surface area contributed by atoms with E-state index >= 15 is 0 Å². The van der Waals surface area contributed by atoms with Gasteiger partial charge < -0.3 is 15.2 Å². The maximum absolute atomic E-state index is 12.7. The summed E-state index contributed by atoms with van der Waals surface area (Å²) in [7, 11) is 0. The molecule has 0 bridgehead atoms. The van der Waals surface area contributed by atoms with Crippen molar-refractivity contribution in [2.24, 2.45) is 5.92 Å². The van der Waals surface area contributed by atoms with E-state index < -0.39 is 18.0 Å². The first-order valence-corrected chi connectivity index (χ1v) is 8.33. The van der Waals surface area contributed by atoms with Crippen LogP contribution in [0.5, 0.6) is 0 Å². The summed E-state index contributed by atoms with van der Waals surface area (Å²) in [5.74, 6) is -1.60. The highest BCUT2D eigenvalue weighted by Gasteiger charge is 2.32. The van der Waals surface area contributed by atoms with Crippen molar-refractivity contribution in [3.05, 3.63) is 35.9 Å². The second kappa shape index (κ2) is 8.67. The Morgan fingerprint density at radius 2 is 1.91 bits per heavy atom. The van der Waals surface area contributed by atoms with Crippen LogP contribution < -0.4 is 5.32 Å². The fraction of sp³-hybridized carbons (Fsp3) is 0.556. The molecular weight excluding hydrogens is 294 g/mol. The Morgan fingerprint density at radius 1 is 1.22 bits per heavy atom. The molecule has 0 radical (unpaired) electrons. The van der Waals surface area contributed by atoms with Gasteiger partial charge in [0.2, 0.25) is 0 Å². The van der Waals surface area contributed by atoms with Crippen molar-refractivity contribution in [2.75, 3.05) is 6.61 Å². The summed E-state index contributed by atoms with van der Waals surface area (Å²) in [6, 6.07) is 8.98. The molecule has 2 N–H and O–H groups in total. The second-order valence-electron chi connectivity index (χ2n) is 5.94. The summed E-state index contributed by atoms with van der Waals surface area (Å²) in [6.45, 7) is 2.26. The van der Waals surface area contributed by atoms with Crippen LogP contribution in [0.2, 0.25) is 0 Å². The molecule has 0 aliphatic heterocycles. The number of carbonyl (C=O) groups excluding carboxylic acids is 1. The number of carboxylic acid groups (broad SMARTS) is 1. The predicted molar refractivity (Wildman–Crippen MR) is 87.0 cm³/mol. The molecule has 5 heteroatoms. The first-order valence-electron chi connectivity index (χ1n) is 8.33. The van der Waals surface area contributed by atoms with Gasteiger partial charge in [-0.25, -0.2) is 0 Å². The van der Waals surface area contributed by atoms with Crippen molar-refractivity contribution in [1.82, 2.24) is 5.32 Å². The third kappa shape index (κ3) is 4.79. The zero-order valence-corrected chi connectivity index (χ0v) is 13.5. The number of nitrogens with one attached hydrogen (secondary N) is 1. The third-order valence-electron chi connectivity index (χ3n) is 4.33. The minimum Gasteiger partial charge on any atom is -0.481 e. The molecule has 0 saturated heterocycles. The van der Waals surface area contributed by atoms with E-state index in [9.17, 15) is 14.7 Å². The molecule has 23 heavy (non-hydrogen) atoms. The fourth-order valence-electron chi connectivity index (χ4n) is 3.15. The number of aliphatic carboxylic acids is 1. The van der Waals surface area contributed by atoms with Crippen molar-refractivity contribution < 1.29 is 19.4 Å². The average molecular weight is 319 g/mol. The molecule has 1 aromatic carbocycles. The van der Waals surface area contributed by atoms with E-state index in [1.54, 1.807) is 0 Å². The van der Waals surface area contributed by atoms with E-state index in [1.165, 1.54) is 0 Å². The quantitative estimate of drug-likeness (QED) is 0.791. The van der Waals surface area contributed by atoms with Gasteiger partial charge in [0.15, 0.2) is 6.10 Å². The van der Waals surface area contributed by atoms with Crippen LogP contribution in [0.15, 0.2) is 30.3 Å². The SMILES string of the molecule is CCOC(C(=O)N[C@H]1CCCCC[C@H]1C(=O)O)c1ccccc1. The standard InChI is InChI=1S/C18H25NO4/c1-2-23-16(13-9-5-3-6-10-13)17(20)19-15-12-8-4-7-11-14(15)18(21)22/h3,5-6,9-10,14-16H,2,4,7-8,11-12H2,1H3,(H,19,20)(H,21,22)/t14-,15+,16?/m1/s1. The van der Waals surface area contributed by atoms with Crippen LogP contribution >= 0.6 is 0 Å². The highest BCUT2D eigenvalue weighted by atomic mass is 16.5. The number of amides is 1. The van der Waals surface area contributed by atoms with Gasteiger partial charge in [-0.3, -0.25) is 9.59 Å². The van der Waals surface area contributed by atoms with Gasteiger partial charge in [0.25, 0.3) is 5.91 Å². The lowest BCUT2D eigenvalue weighted by Gasteiger charge is -2.25. The van der Waals surface area contributed by atoms with Crippen LogP contribution in [0, 0.1) is 5.92 Å². The number of benzene rings is 1. The number of carbonyl (C=O) groups is 2. The van der Waals surface area contributed by atoms with Gasteiger partial charge in [0, 0.05) is 12.6 Å². The van der Waals surface area contributed by atoms with E-state index in [-0.39, 0.29) is 11.9 Å². The maximum atomic E-state index is 12.7. The second-order valence-corrected chi connectivity index (χ2v) is 5.94. The molecule has 0 spiro atoms. The number of rotatable bonds is 6. The third-order valence-corrected chi connectivity index (χ3v) is 4.33. The van der Waals surface area contributed by atoms with Crippen LogP contribution in [0.1, 0.15) is 50.7 Å². The Hall–Kier alpha value is -1.88. The van der Waals surface area contributed by atoms with Crippen molar-refractivity contribution in [2.45, 2.75) is 51.2 Å². The summed E-state index contributed by atoms with van der Waals surface area (Å²) < 4.78 is 5.60. The van der Waals surface area contributed by atoms with E-state index in [0.717, 1.165) is 24.8 Å². The van der Waals surface area contributed by atoms with Crippen LogP contribution in [-0.4, -0.2) is 29.6 Å². The lowest BCUT2D eigenvalue weighted by Crippen LogP contribution is -2.45. The van der Waals surface area contributed by atoms with Crippen LogP contribution in [0.25, 0.3) is 0 Å². The van der Waals surface area contributed by atoms with Crippen molar-refractivity contribution in [3.8, 4) is 0 Å². The normalized spacial score (nSPS) is 22.8. The molecule has 1 amide bonds. The Morgan fingerprint density at radius 3 is 2.57 bits per heavy atom. The summed E-state index contributed by atoms with van der Waals surface area (Å²) in [5, 5.41) is 12.4. The highest BCUT2D eigenvalue weighted by Crippen LogP contribution is 2.25. The smallest absolute Gasteiger partial charge is 0.308 e. The molecule has 1 aliphatic rings. The minimum atomic E-state index is -0.829. The van der Waals surface area contributed by atoms with Crippen LogP contribution in [0.3, 0.4) is 0 Å². The summed E-state index contributed by atoms with van der Waals surface area (Å²) in [5.41, 5.74) is 0.785. The molecule has 126 valence electrons. The highest BCUT2D eigenvalue weighted by molar-refractivity contribution is 5.83. The molecule has 5 nitrogen and oxygen atoms in total. The largest absolute Gasteiger partial charge is 0.481 e. The van der Waals surface area contributed by atoms with E-state index in [1.807, 2.05) is 37.3 Å². The first kappa shape index (κ1) is 17.5. The van der Waals surface area contributed by atoms with Crippen molar-refractivity contribution in [1.29, 1.82) is 0 Å². The Balaban J connectivity index is 2.11. The molecule has 0 heterocycles. The van der Waals surface area contributed by atoms with E-state index in [2.05, 4.69) is 5.32 Å². The molecular formula is C18H25NO4. The zero-order valence-electron chi connectivity index (χ0n) is 13.5. The number of hydrogen-bond donors (Lipinski definition) is 2. The minimum absolute atomic E-state index is 0.254. The van der Waals surface area contributed by atoms with Gasteiger partial charge in [-0.15, -0.1) is 0 Å². The number of carboxylic acids is 1. The molecule has 1 aromatic rings. The van der Waals surface area contributed by atoms with Crippen LogP contribution in [0.4, 0.5) is 0 Å². The average Bonchev–Trinajstić information content (AvgIpc) is 2.78. The zero-order chi connectivity index (χ0) is 16.7. The van der Waals surface area contributed by atoms with E-state index in [4.69, 9.17) is 4.74 Å². The van der Waals surface area contributed by atoms with Gasteiger partial charge >= 0.3 is 5.97 Å². The summed E-state index contributed by atoms with van der Waals surface area (Å²) >= 11 is 0. The van der Waals surface area contributed by atoms with Gasteiger partial charge in [0.05, 0.1) is 5.92 Å². The van der Waals surface area contributed by atoms with Gasteiger partial charge in [-0.05, 0) is 25.3 Å². The maximum Gasteiger partial charge on any atom is 0.308 e. The van der Waals surface area contributed by atoms with Gasteiger partial charge in [0.1, 0.15) is 0 Å². The lowest BCUT2D eigenvalue weighted by atomic mass is 9.94. The molecule has 1 fully saturated rings. The molecule has 1 aliphatic carbocycles. The topological polar surface area (TPSA) is 75.6 Å².